The number of carboxylic acids is 1. The predicted molar refractivity (Wildman–Crippen MR) is 80.8 cm³/mol. The lowest BCUT2D eigenvalue weighted by molar-refractivity contribution is -0.137. The highest BCUT2D eigenvalue weighted by Gasteiger charge is 2.27. The van der Waals surface area contributed by atoms with Gasteiger partial charge in [0.1, 0.15) is 0 Å². The van der Waals surface area contributed by atoms with E-state index in [9.17, 15) is 9.59 Å². The molecular formula is C15H30N2O3. The fourth-order valence-electron chi connectivity index (χ4n) is 2.68. The topological polar surface area (TPSA) is 78.4 Å². The molecule has 1 unspecified atom stereocenters. The molecular weight excluding hydrogens is 256 g/mol. The van der Waals surface area contributed by atoms with Gasteiger partial charge in [-0.05, 0) is 32.1 Å². The Bertz CT molecular complexity index is 333. The Morgan fingerprint density at radius 2 is 1.70 bits per heavy atom. The molecule has 1 atom stereocenters. The molecule has 0 aromatic rings. The van der Waals surface area contributed by atoms with Crippen molar-refractivity contribution in [1.29, 1.82) is 0 Å². The second-order valence-corrected chi connectivity index (χ2v) is 7.30. The lowest BCUT2D eigenvalue weighted by atomic mass is 9.82. The number of urea groups is 1. The van der Waals surface area contributed by atoms with Crippen molar-refractivity contribution in [1.82, 2.24) is 10.6 Å². The van der Waals surface area contributed by atoms with E-state index in [1.807, 2.05) is 20.8 Å². The standard InChI is InChI=1S/C15H30N2O3/c1-7-8-11(9-12(18)19)16-13(20)17-15(5,6)10-14(2,3)4/h11H,7-10H2,1-6H3,(H,18,19)(H2,16,17,20). The number of amides is 2. The Hall–Kier alpha value is -1.26. The van der Waals surface area contributed by atoms with E-state index in [2.05, 4.69) is 31.4 Å². The zero-order chi connectivity index (χ0) is 16.0. The lowest BCUT2D eigenvalue weighted by Crippen LogP contribution is -2.52. The summed E-state index contributed by atoms with van der Waals surface area (Å²) >= 11 is 0. The second-order valence-electron chi connectivity index (χ2n) is 7.30. The number of nitrogens with one attached hydrogen (secondary N) is 2. The van der Waals surface area contributed by atoms with E-state index in [-0.39, 0.29) is 29.4 Å². The summed E-state index contributed by atoms with van der Waals surface area (Å²) in [6, 6.07) is -0.609. The van der Waals surface area contributed by atoms with Crippen LogP contribution < -0.4 is 10.6 Å². The molecule has 5 heteroatoms. The molecule has 0 aliphatic heterocycles. The van der Waals surface area contributed by atoms with Gasteiger partial charge in [0.25, 0.3) is 0 Å². The minimum Gasteiger partial charge on any atom is -0.481 e. The van der Waals surface area contributed by atoms with Crippen LogP contribution in [-0.4, -0.2) is 28.7 Å². The Labute approximate surface area is 122 Å². The van der Waals surface area contributed by atoms with Crippen molar-refractivity contribution in [2.24, 2.45) is 5.41 Å². The highest BCUT2D eigenvalue weighted by atomic mass is 16.4. The van der Waals surface area contributed by atoms with Gasteiger partial charge in [-0.2, -0.15) is 0 Å². The second kappa shape index (κ2) is 7.50. The SMILES string of the molecule is CCCC(CC(=O)O)NC(=O)NC(C)(C)CC(C)(C)C. The van der Waals surface area contributed by atoms with E-state index in [1.165, 1.54) is 0 Å². The van der Waals surface area contributed by atoms with E-state index in [1.54, 1.807) is 0 Å². The molecule has 20 heavy (non-hydrogen) atoms. The van der Waals surface area contributed by atoms with Crippen molar-refractivity contribution in [2.45, 2.75) is 78.8 Å². The highest BCUT2D eigenvalue weighted by Crippen LogP contribution is 2.26. The van der Waals surface area contributed by atoms with Gasteiger partial charge in [0.15, 0.2) is 0 Å². The molecule has 118 valence electrons. The fourth-order valence-corrected chi connectivity index (χ4v) is 2.68. The van der Waals surface area contributed by atoms with Crippen LogP contribution >= 0.6 is 0 Å². The van der Waals surface area contributed by atoms with Crippen LogP contribution in [0.5, 0.6) is 0 Å². The third-order valence-electron chi connectivity index (χ3n) is 2.82. The van der Waals surface area contributed by atoms with Gasteiger partial charge in [-0.3, -0.25) is 4.79 Å². The molecule has 0 aromatic heterocycles. The zero-order valence-electron chi connectivity index (χ0n) is 13.7. The third kappa shape index (κ3) is 9.64. The highest BCUT2D eigenvalue weighted by molar-refractivity contribution is 5.76. The first kappa shape index (κ1) is 18.7. The first-order valence-corrected chi connectivity index (χ1v) is 7.25. The van der Waals surface area contributed by atoms with Gasteiger partial charge in [-0.1, -0.05) is 34.1 Å². The van der Waals surface area contributed by atoms with E-state index >= 15 is 0 Å². The van der Waals surface area contributed by atoms with Crippen LogP contribution in [0.1, 0.15) is 67.2 Å². The minimum absolute atomic E-state index is 0.0407. The zero-order valence-corrected chi connectivity index (χ0v) is 13.7. The molecule has 0 rings (SSSR count). The van der Waals surface area contributed by atoms with Gasteiger partial charge < -0.3 is 15.7 Å². The fraction of sp³-hybridized carbons (Fsp3) is 0.867. The van der Waals surface area contributed by atoms with Gasteiger partial charge in [0, 0.05) is 11.6 Å². The predicted octanol–water partition coefficient (Wildman–Crippen LogP) is 3.14. The summed E-state index contributed by atoms with van der Waals surface area (Å²) in [6.07, 6.45) is 2.30. The molecule has 0 fully saturated rings. The van der Waals surface area contributed by atoms with E-state index in [0.717, 1.165) is 12.8 Å². The van der Waals surface area contributed by atoms with Gasteiger partial charge >= 0.3 is 12.0 Å². The van der Waals surface area contributed by atoms with Gasteiger partial charge in [0.05, 0.1) is 6.42 Å². The van der Waals surface area contributed by atoms with Crippen LogP contribution in [0.4, 0.5) is 4.79 Å². The summed E-state index contributed by atoms with van der Waals surface area (Å²) in [5, 5.41) is 14.5. The van der Waals surface area contributed by atoms with Crippen LogP contribution in [0.3, 0.4) is 0 Å². The summed E-state index contributed by atoms with van der Waals surface area (Å²) in [6.45, 7) is 12.3. The molecule has 0 aromatic carbocycles. The summed E-state index contributed by atoms with van der Waals surface area (Å²) in [7, 11) is 0. The molecule has 0 saturated heterocycles. The number of carbonyl (C=O) groups excluding carboxylic acids is 1. The minimum atomic E-state index is -0.891. The van der Waals surface area contributed by atoms with Crippen molar-refractivity contribution < 1.29 is 14.7 Å². The molecule has 0 aliphatic carbocycles. The van der Waals surface area contributed by atoms with Crippen LogP contribution in [0.2, 0.25) is 0 Å². The Kier molecular flexibility index (Phi) is 7.03. The molecule has 0 saturated carbocycles. The van der Waals surface area contributed by atoms with E-state index < -0.39 is 5.97 Å². The average Bonchev–Trinajstić information content (AvgIpc) is 2.10. The molecule has 0 aliphatic rings. The van der Waals surface area contributed by atoms with Crippen LogP contribution in [0.15, 0.2) is 0 Å². The molecule has 0 radical (unpaired) electrons. The molecule has 2 amide bonds. The van der Waals surface area contributed by atoms with Crippen molar-refractivity contribution in [3.8, 4) is 0 Å². The van der Waals surface area contributed by atoms with Gasteiger partial charge in [-0.15, -0.1) is 0 Å². The monoisotopic (exact) mass is 286 g/mol. The summed E-state index contributed by atoms with van der Waals surface area (Å²) in [4.78, 5) is 22.8. The van der Waals surface area contributed by atoms with Crippen molar-refractivity contribution in [2.75, 3.05) is 0 Å². The number of carbonyl (C=O) groups is 2. The molecule has 0 spiro atoms. The quantitative estimate of drug-likeness (QED) is 0.672. The van der Waals surface area contributed by atoms with Crippen molar-refractivity contribution in [3.05, 3.63) is 0 Å². The number of aliphatic carboxylic acids is 1. The normalized spacial score (nSPS) is 13.7. The largest absolute Gasteiger partial charge is 0.481 e. The maximum absolute atomic E-state index is 12.0. The Balaban J connectivity index is 4.47. The van der Waals surface area contributed by atoms with Crippen LogP contribution in [-0.2, 0) is 4.79 Å². The molecule has 0 bridgehead atoms. The summed E-state index contributed by atoms with van der Waals surface area (Å²) in [5.41, 5.74) is -0.219. The number of carboxylic acid groups (broad SMARTS) is 1. The third-order valence-corrected chi connectivity index (χ3v) is 2.82. The Morgan fingerprint density at radius 3 is 2.10 bits per heavy atom. The van der Waals surface area contributed by atoms with E-state index in [4.69, 9.17) is 5.11 Å². The molecule has 0 heterocycles. The number of hydrogen-bond donors (Lipinski definition) is 3. The number of hydrogen-bond acceptors (Lipinski definition) is 2. The molecule has 3 N–H and O–H groups in total. The average molecular weight is 286 g/mol. The van der Waals surface area contributed by atoms with Gasteiger partial charge in [-0.25, -0.2) is 4.79 Å². The smallest absolute Gasteiger partial charge is 0.315 e. The molecule has 5 nitrogen and oxygen atoms in total. The Morgan fingerprint density at radius 1 is 1.15 bits per heavy atom. The van der Waals surface area contributed by atoms with Crippen LogP contribution in [0, 0.1) is 5.41 Å². The lowest BCUT2D eigenvalue weighted by Gasteiger charge is -2.33. The van der Waals surface area contributed by atoms with Gasteiger partial charge in [0.2, 0.25) is 0 Å². The maximum atomic E-state index is 12.0. The van der Waals surface area contributed by atoms with Crippen molar-refractivity contribution in [3.63, 3.8) is 0 Å². The first-order valence-electron chi connectivity index (χ1n) is 7.25. The van der Waals surface area contributed by atoms with E-state index in [0.29, 0.717) is 6.42 Å². The summed E-state index contributed by atoms with van der Waals surface area (Å²) < 4.78 is 0. The maximum Gasteiger partial charge on any atom is 0.315 e. The number of rotatable bonds is 7. The first-order chi connectivity index (χ1) is 8.95. The summed E-state index contributed by atoms with van der Waals surface area (Å²) in [5.74, 6) is -0.891. The van der Waals surface area contributed by atoms with Crippen molar-refractivity contribution >= 4 is 12.0 Å². The van der Waals surface area contributed by atoms with Crippen LogP contribution in [0.25, 0.3) is 0 Å².